The molecule has 1 aliphatic rings. The van der Waals surface area contributed by atoms with Crippen LogP contribution >= 0.6 is 15.9 Å². The highest BCUT2D eigenvalue weighted by Crippen LogP contribution is 2.26. The average Bonchev–Trinajstić information content (AvgIpc) is 2.72. The van der Waals surface area contributed by atoms with Gasteiger partial charge in [-0.2, -0.15) is 0 Å². The molecular formula is C10H15BrN2O4S. The molecule has 1 aromatic heterocycles. The molecule has 1 atom stereocenters. The summed E-state index contributed by atoms with van der Waals surface area (Å²) in [6, 6.07) is 1.24. The minimum atomic E-state index is -3.61. The molecule has 0 aromatic carbocycles. The van der Waals surface area contributed by atoms with Crippen molar-refractivity contribution >= 4 is 26.0 Å². The van der Waals surface area contributed by atoms with E-state index in [1.807, 2.05) is 0 Å². The van der Waals surface area contributed by atoms with E-state index < -0.39 is 10.0 Å². The molecule has 1 saturated heterocycles. The normalized spacial score (nSPS) is 21.1. The van der Waals surface area contributed by atoms with Crippen molar-refractivity contribution in [2.75, 3.05) is 13.2 Å². The zero-order valence-corrected chi connectivity index (χ0v) is 12.1. The number of hydrogen-bond donors (Lipinski definition) is 2. The van der Waals surface area contributed by atoms with Gasteiger partial charge in [0.15, 0.2) is 4.67 Å². The molecule has 0 saturated carbocycles. The van der Waals surface area contributed by atoms with Crippen LogP contribution in [0.4, 0.5) is 0 Å². The molecule has 0 radical (unpaired) electrons. The van der Waals surface area contributed by atoms with Crippen molar-refractivity contribution in [2.24, 2.45) is 5.73 Å². The second-order valence-corrected chi connectivity index (χ2v) is 6.49. The number of sulfonamides is 1. The summed E-state index contributed by atoms with van der Waals surface area (Å²) in [5, 5.41) is 0. The number of furan rings is 1. The molecule has 0 spiro atoms. The third-order valence-electron chi connectivity index (χ3n) is 2.68. The molecule has 2 rings (SSSR count). The van der Waals surface area contributed by atoms with E-state index in [0.717, 1.165) is 12.8 Å². The third-order valence-corrected chi connectivity index (χ3v) is 5.06. The van der Waals surface area contributed by atoms with Crippen LogP contribution in [0, 0.1) is 0 Å². The van der Waals surface area contributed by atoms with Gasteiger partial charge in [0.1, 0.15) is 10.7 Å². The Morgan fingerprint density at radius 1 is 1.56 bits per heavy atom. The lowest BCUT2D eigenvalue weighted by Gasteiger charge is -2.22. The van der Waals surface area contributed by atoms with Gasteiger partial charge in [-0.05, 0) is 28.8 Å². The molecule has 1 aliphatic heterocycles. The van der Waals surface area contributed by atoms with Crippen LogP contribution in [0.2, 0.25) is 0 Å². The summed E-state index contributed by atoms with van der Waals surface area (Å²) < 4.78 is 37.5. The number of hydrogen-bond acceptors (Lipinski definition) is 5. The monoisotopic (exact) mass is 338 g/mol. The fraction of sp³-hybridized carbons (Fsp3) is 0.600. The first-order valence-corrected chi connectivity index (χ1v) is 7.89. The van der Waals surface area contributed by atoms with Crippen LogP contribution in [0.15, 0.2) is 20.0 Å². The fourth-order valence-electron chi connectivity index (χ4n) is 1.80. The molecule has 3 N–H and O–H groups in total. The van der Waals surface area contributed by atoms with Gasteiger partial charge in [0.05, 0.1) is 13.2 Å². The standard InChI is InChI=1S/C10H15BrN2O4S/c11-10-9(4-8(5-12)17-10)18(14,15)13-7-2-1-3-16-6-7/h4,7,13H,1-3,5-6,12H2. The van der Waals surface area contributed by atoms with E-state index in [1.165, 1.54) is 6.07 Å². The van der Waals surface area contributed by atoms with E-state index in [1.54, 1.807) is 0 Å². The first kappa shape index (κ1) is 14.0. The molecule has 18 heavy (non-hydrogen) atoms. The predicted molar refractivity (Wildman–Crippen MR) is 68.5 cm³/mol. The maximum atomic E-state index is 12.2. The van der Waals surface area contributed by atoms with Gasteiger partial charge in [-0.3, -0.25) is 0 Å². The number of nitrogens with one attached hydrogen (secondary N) is 1. The Morgan fingerprint density at radius 2 is 2.33 bits per heavy atom. The topological polar surface area (TPSA) is 94.6 Å². The highest BCUT2D eigenvalue weighted by Gasteiger charge is 2.26. The van der Waals surface area contributed by atoms with Gasteiger partial charge in [0.2, 0.25) is 10.0 Å². The summed E-state index contributed by atoms with van der Waals surface area (Å²) in [6.07, 6.45) is 1.63. The highest BCUT2D eigenvalue weighted by molar-refractivity contribution is 9.10. The minimum absolute atomic E-state index is 0.0773. The van der Waals surface area contributed by atoms with Crippen LogP contribution in [-0.4, -0.2) is 27.7 Å². The number of halogens is 1. The molecule has 1 aromatic rings. The van der Waals surface area contributed by atoms with Gasteiger partial charge in [-0.25, -0.2) is 13.1 Å². The summed E-state index contributed by atoms with van der Waals surface area (Å²) in [5.41, 5.74) is 5.41. The second kappa shape index (κ2) is 5.70. The van der Waals surface area contributed by atoms with E-state index in [4.69, 9.17) is 14.9 Å². The first-order chi connectivity index (χ1) is 8.53. The summed E-state index contributed by atoms with van der Waals surface area (Å²) in [7, 11) is -3.61. The Bertz CT molecular complexity index is 508. The maximum Gasteiger partial charge on any atom is 0.245 e. The van der Waals surface area contributed by atoms with Crippen molar-refractivity contribution in [3.05, 3.63) is 16.5 Å². The SMILES string of the molecule is NCc1cc(S(=O)(=O)NC2CCCOC2)c(Br)o1. The lowest BCUT2D eigenvalue weighted by Crippen LogP contribution is -2.40. The number of rotatable bonds is 4. The van der Waals surface area contributed by atoms with Crippen molar-refractivity contribution in [1.82, 2.24) is 4.72 Å². The highest BCUT2D eigenvalue weighted by atomic mass is 79.9. The van der Waals surface area contributed by atoms with Crippen molar-refractivity contribution in [2.45, 2.75) is 30.3 Å². The largest absolute Gasteiger partial charge is 0.452 e. The predicted octanol–water partition coefficient (Wildman–Crippen LogP) is 0.958. The maximum absolute atomic E-state index is 12.2. The lowest BCUT2D eigenvalue weighted by atomic mass is 10.1. The van der Waals surface area contributed by atoms with Crippen molar-refractivity contribution in [3.8, 4) is 0 Å². The van der Waals surface area contributed by atoms with E-state index >= 15 is 0 Å². The van der Waals surface area contributed by atoms with Crippen molar-refractivity contribution < 1.29 is 17.6 Å². The Kier molecular flexibility index (Phi) is 4.44. The average molecular weight is 339 g/mol. The van der Waals surface area contributed by atoms with Crippen LogP contribution < -0.4 is 10.5 Å². The fourth-order valence-corrected chi connectivity index (χ4v) is 4.05. The van der Waals surface area contributed by atoms with Crippen LogP contribution in [0.5, 0.6) is 0 Å². The van der Waals surface area contributed by atoms with E-state index in [2.05, 4.69) is 20.7 Å². The van der Waals surface area contributed by atoms with E-state index in [9.17, 15) is 8.42 Å². The minimum Gasteiger partial charge on any atom is -0.452 e. The first-order valence-electron chi connectivity index (χ1n) is 5.61. The number of ether oxygens (including phenoxy) is 1. The summed E-state index contributed by atoms with van der Waals surface area (Å²) in [4.78, 5) is 0.0773. The van der Waals surface area contributed by atoms with Crippen LogP contribution in [-0.2, 0) is 21.3 Å². The molecule has 0 amide bonds. The zero-order valence-electron chi connectivity index (χ0n) is 9.69. The summed E-state index contributed by atoms with van der Waals surface area (Å²) >= 11 is 3.09. The lowest BCUT2D eigenvalue weighted by molar-refractivity contribution is 0.0774. The van der Waals surface area contributed by atoms with Gasteiger partial charge >= 0.3 is 0 Å². The zero-order chi connectivity index (χ0) is 13.2. The Morgan fingerprint density at radius 3 is 2.89 bits per heavy atom. The molecule has 2 heterocycles. The van der Waals surface area contributed by atoms with Gasteiger partial charge in [0, 0.05) is 18.7 Å². The van der Waals surface area contributed by atoms with Crippen molar-refractivity contribution in [3.63, 3.8) is 0 Å². The summed E-state index contributed by atoms with van der Waals surface area (Å²) in [5.74, 6) is 0.419. The number of nitrogens with two attached hydrogens (primary N) is 1. The molecule has 102 valence electrons. The van der Waals surface area contributed by atoms with Crippen LogP contribution in [0.25, 0.3) is 0 Å². The van der Waals surface area contributed by atoms with Crippen LogP contribution in [0.3, 0.4) is 0 Å². The molecule has 6 nitrogen and oxygen atoms in total. The molecule has 8 heteroatoms. The van der Waals surface area contributed by atoms with Crippen LogP contribution in [0.1, 0.15) is 18.6 Å². The Labute approximate surface area is 114 Å². The molecule has 1 unspecified atom stereocenters. The van der Waals surface area contributed by atoms with E-state index in [-0.39, 0.29) is 22.2 Å². The quantitative estimate of drug-likeness (QED) is 0.852. The van der Waals surface area contributed by atoms with Gasteiger partial charge < -0.3 is 14.9 Å². The molecular weight excluding hydrogens is 324 g/mol. The van der Waals surface area contributed by atoms with E-state index in [0.29, 0.717) is 19.0 Å². The van der Waals surface area contributed by atoms with Gasteiger partial charge in [0.25, 0.3) is 0 Å². The molecule has 0 aliphatic carbocycles. The Balaban J connectivity index is 2.16. The smallest absolute Gasteiger partial charge is 0.245 e. The molecule has 1 fully saturated rings. The van der Waals surface area contributed by atoms with Gasteiger partial charge in [-0.1, -0.05) is 0 Å². The van der Waals surface area contributed by atoms with Gasteiger partial charge in [-0.15, -0.1) is 0 Å². The third kappa shape index (κ3) is 3.12. The summed E-state index contributed by atoms with van der Waals surface area (Å²) in [6.45, 7) is 1.24. The Hall–Kier alpha value is -0.410. The molecule has 0 bridgehead atoms. The second-order valence-electron chi connectivity index (χ2n) is 4.09. The van der Waals surface area contributed by atoms with Crippen molar-refractivity contribution in [1.29, 1.82) is 0 Å².